The molecule has 0 spiro atoms. The first-order valence-electron chi connectivity index (χ1n) is 17.2. The predicted octanol–water partition coefficient (Wildman–Crippen LogP) is 13.8. The Morgan fingerprint density at radius 3 is 0.583 bits per heavy atom. The molecule has 0 aromatic heterocycles. The molecule has 0 aromatic carbocycles. The lowest BCUT2D eigenvalue weighted by Gasteiger charge is -2.03. The summed E-state index contributed by atoms with van der Waals surface area (Å²) in [5.41, 5.74) is 0. The Morgan fingerprint density at radius 2 is 0.389 bits per heavy atom. The van der Waals surface area contributed by atoms with Crippen LogP contribution in [0.15, 0.2) is 24.3 Å². The maximum Gasteiger partial charge on any atom is -0.0351 e. The zero-order valence-electron chi connectivity index (χ0n) is 25.5. The molecule has 0 N–H and O–H groups in total. The highest BCUT2D eigenvalue weighted by molar-refractivity contribution is 4.82. The van der Waals surface area contributed by atoms with Crippen molar-refractivity contribution < 1.29 is 0 Å². The van der Waals surface area contributed by atoms with E-state index in [1.54, 1.807) is 0 Å². The fourth-order valence-electron chi connectivity index (χ4n) is 5.20. The second kappa shape index (κ2) is 34.5. The first kappa shape index (κ1) is 35.5. The topological polar surface area (TPSA) is 0 Å². The predicted molar refractivity (Wildman–Crippen MR) is 168 cm³/mol. The van der Waals surface area contributed by atoms with Crippen molar-refractivity contribution in [3.05, 3.63) is 24.3 Å². The normalized spacial score (nSPS) is 11.9. The lowest BCUT2D eigenvalue weighted by atomic mass is 10.0. The van der Waals surface area contributed by atoms with E-state index in [1.807, 2.05) is 0 Å². The Balaban J connectivity index is 3.12. The maximum absolute atomic E-state index is 2.46. The molecule has 0 saturated heterocycles. The van der Waals surface area contributed by atoms with Crippen molar-refractivity contribution in [1.29, 1.82) is 0 Å². The largest absolute Gasteiger partial charge is 0.0885 e. The van der Waals surface area contributed by atoms with Gasteiger partial charge in [-0.3, -0.25) is 0 Å². The van der Waals surface area contributed by atoms with Crippen molar-refractivity contribution in [1.82, 2.24) is 0 Å². The first-order valence-corrected chi connectivity index (χ1v) is 17.2. The molecule has 0 aliphatic rings. The third-order valence-electron chi connectivity index (χ3n) is 7.77. The second-order valence-electron chi connectivity index (χ2n) is 11.6. The van der Waals surface area contributed by atoms with Crippen LogP contribution in [0.1, 0.15) is 206 Å². The molecule has 0 heteroatoms. The van der Waals surface area contributed by atoms with Crippen LogP contribution in [0.3, 0.4) is 0 Å². The lowest BCUT2D eigenvalue weighted by Crippen LogP contribution is -1.83. The summed E-state index contributed by atoms with van der Waals surface area (Å²) in [6.45, 7) is 4.60. The molecule has 214 valence electrons. The molecule has 0 amide bonds. The van der Waals surface area contributed by atoms with Crippen molar-refractivity contribution in [3.63, 3.8) is 0 Å². The molecule has 0 rings (SSSR count). The number of allylic oxidation sites excluding steroid dienone is 4. The molecule has 0 aromatic rings. The van der Waals surface area contributed by atoms with Crippen LogP contribution < -0.4 is 0 Å². The quantitative estimate of drug-likeness (QED) is 0.0653. The summed E-state index contributed by atoms with van der Waals surface area (Å²) in [5, 5.41) is 0. The van der Waals surface area contributed by atoms with Gasteiger partial charge in [0.25, 0.3) is 0 Å². The average molecular weight is 503 g/mol. The van der Waals surface area contributed by atoms with Crippen LogP contribution in [0.5, 0.6) is 0 Å². The van der Waals surface area contributed by atoms with E-state index in [0.717, 1.165) is 0 Å². The van der Waals surface area contributed by atoms with Crippen LogP contribution in [-0.4, -0.2) is 0 Å². The summed E-state index contributed by atoms with van der Waals surface area (Å²) in [5.74, 6) is 0. The minimum atomic E-state index is 1.30. The molecule has 0 unspecified atom stereocenters. The van der Waals surface area contributed by atoms with Gasteiger partial charge in [-0.2, -0.15) is 0 Å². The van der Waals surface area contributed by atoms with E-state index < -0.39 is 0 Å². The van der Waals surface area contributed by atoms with Gasteiger partial charge in [0.2, 0.25) is 0 Å². The van der Waals surface area contributed by atoms with Gasteiger partial charge in [0.15, 0.2) is 0 Å². The summed E-state index contributed by atoms with van der Waals surface area (Å²) < 4.78 is 0. The number of unbranched alkanes of at least 4 members (excludes halogenated alkanes) is 27. The van der Waals surface area contributed by atoms with Crippen molar-refractivity contribution in [3.8, 4) is 0 Å². The molecule has 0 aliphatic heterocycles. The van der Waals surface area contributed by atoms with Gasteiger partial charge in [-0.15, -0.1) is 0 Å². The average Bonchev–Trinajstić information content (AvgIpc) is 2.89. The van der Waals surface area contributed by atoms with Gasteiger partial charge in [-0.1, -0.05) is 179 Å². The SMILES string of the molecule is CCCCCCCC/C=C\CCCCCCCCC=CCCCCCCCCCCCCCCCC. The Hall–Kier alpha value is -0.520. The van der Waals surface area contributed by atoms with Gasteiger partial charge < -0.3 is 0 Å². The molecule has 36 heavy (non-hydrogen) atoms. The van der Waals surface area contributed by atoms with Crippen LogP contribution in [0.2, 0.25) is 0 Å². The maximum atomic E-state index is 2.46. The zero-order chi connectivity index (χ0) is 26.0. The van der Waals surface area contributed by atoms with Gasteiger partial charge in [0, 0.05) is 0 Å². The van der Waals surface area contributed by atoms with Crippen molar-refractivity contribution in [2.45, 2.75) is 206 Å². The Kier molecular flexibility index (Phi) is 34.0. The highest BCUT2D eigenvalue weighted by Gasteiger charge is 1.94. The molecule has 0 nitrogen and oxygen atoms in total. The second-order valence-corrected chi connectivity index (χ2v) is 11.6. The highest BCUT2D eigenvalue weighted by atomic mass is 14.0. The molecule has 0 radical (unpaired) electrons. The molecule has 0 aliphatic carbocycles. The van der Waals surface area contributed by atoms with E-state index in [0.29, 0.717) is 0 Å². The number of hydrogen-bond acceptors (Lipinski definition) is 0. The van der Waals surface area contributed by atoms with Crippen molar-refractivity contribution in [2.75, 3.05) is 0 Å². The van der Waals surface area contributed by atoms with E-state index in [9.17, 15) is 0 Å². The fourth-order valence-corrected chi connectivity index (χ4v) is 5.20. The molecular formula is C36H70. The first-order chi connectivity index (χ1) is 17.9. The third kappa shape index (κ3) is 33.5. The van der Waals surface area contributed by atoms with Crippen LogP contribution in [0, 0.1) is 0 Å². The summed E-state index contributed by atoms with van der Waals surface area (Å²) in [4.78, 5) is 0. The van der Waals surface area contributed by atoms with Crippen LogP contribution >= 0.6 is 0 Å². The summed E-state index contributed by atoms with van der Waals surface area (Å²) in [6, 6.07) is 0. The molecular weight excluding hydrogens is 432 g/mol. The van der Waals surface area contributed by atoms with Gasteiger partial charge in [-0.25, -0.2) is 0 Å². The standard InChI is InChI=1S/C36H70/c1-3-5-7-9-11-13-15-17-19-21-23-25-27-29-31-33-35-36-34-32-30-28-26-24-22-20-18-16-14-12-10-8-6-4-2/h17,19,34,36H,3-16,18,20-33,35H2,1-2H3/b19-17-,36-34?. The van der Waals surface area contributed by atoms with Crippen LogP contribution in [0.25, 0.3) is 0 Å². The van der Waals surface area contributed by atoms with E-state index in [-0.39, 0.29) is 0 Å². The molecule has 0 fully saturated rings. The van der Waals surface area contributed by atoms with Gasteiger partial charge in [0.05, 0.1) is 0 Å². The van der Waals surface area contributed by atoms with Gasteiger partial charge in [0.1, 0.15) is 0 Å². The van der Waals surface area contributed by atoms with Gasteiger partial charge in [-0.05, 0) is 51.4 Å². The Morgan fingerprint density at radius 1 is 0.222 bits per heavy atom. The zero-order valence-corrected chi connectivity index (χ0v) is 25.5. The number of hydrogen-bond donors (Lipinski definition) is 0. The van der Waals surface area contributed by atoms with Crippen molar-refractivity contribution >= 4 is 0 Å². The van der Waals surface area contributed by atoms with Crippen molar-refractivity contribution in [2.24, 2.45) is 0 Å². The van der Waals surface area contributed by atoms with Crippen LogP contribution in [0.4, 0.5) is 0 Å². The Labute approximate surface area is 230 Å². The minimum Gasteiger partial charge on any atom is -0.0885 e. The van der Waals surface area contributed by atoms with E-state index in [4.69, 9.17) is 0 Å². The van der Waals surface area contributed by atoms with Gasteiger partial charge >= 0.3 is 0 Å². The molecule has 0 atom stereocenters. The summed E-state index contributed by atoms with van der Waals surface area (Å²) in [7, 11) is 0. The summed E-state index contributed by atoms with van der Waals surface area (Å²) >= 11 is 0. The third-order valence-corrected chi connectivity index (χ3v) is 7.77. The van der Waals surface area contributed by atoms with Crippen LogP contribution in [-0.2, 0) is 0 Å². The minimum absolute atomic E-state index is 1.30. The smallest absolute Gasteiger partial charge is 0.0351 e. The van der Waals surface area contributed by atoms with E-state index >= 15 is 0 Å². The Bertz CT molecular complexity index is 418. The monoisotopic (exact) mass is 503 g/mol. The molecule has 0 heterocycles. The summed E-state index contributed by atoms with van der Waals surface area (Å²) in [6.07, 6.45) is 52.4. The number of rotatable bonds is 31. The lowest BCUT2D eigenvalue weighted by molar-refractivity contribution is 0.536. The van der Waals surface area contributed by atoms with E-state index in [1.165, 1.54) is 193 Å². The fraction of sp³-hybridized carbons (Fsp3) is 0.889. The molecule has 0 bridgehead atoms. The molecule has 0 saturated carbocycles. The highest BCUT2D eigenvalue weighted by Crippen LogP contribution is 2.14. The van der Waals surface area contributed by atoms with E-state index in [2.05, 4.69) is 38.2 Å².